The number of aryl methyl sites for hydroxylation is 2. The first-order chi connectivity index (χ1) is 10.1. The lowest BCUT2D eigenvalue weighted by Crippen LogP contribution is -2.34. The van der Waals surface area contributed by atoms with E-state index >= 15 is 0 Å². The van der Waals surface area contributed by atoms with Crippen molar-refractivity contribution in [1.82, 2.24) is 10.6 Å². The maximum Gasteiger partial charge on any atom is 0.220 e. The van der Waals surface area contributed by atoms with Crippen LogP contribution in [-0.2, 0) is 4.79 Å². The molecule has 1 amide bonds. The lowest BCUT2D eigenvalue weighted by molar-refractivity contribution is -0.120. The highest BCUT2D eigenvalue weighted by atomic mass is 35.5. The second-order valence-electron chi connectivity index (χ2n) is 5.63. The molecule has 3 N–H and O–H groups in total. The first-order valence-electron chi connectivity index (χ1n) is 7.42. The number of halogens is 1. The number of aliphatic hydroxyl groups is 1. The predicted octanol–water partition coefficient (Wildman–Crippen LogP) is 1.90. The Hall–Kier alpha value is -0.750. The summed E-state index contributed by atoms with van der Waals surface area (Å²) in [6, 6.07) is 6.39. The number of aliphatic hydroxyl groups excluding tert-OH is 1. The Balaban J connectivity index is 0.00000242. The monoisotopic (exact) mass is 344 g/mol. The van der Waals surface area contributed by atoms with E-state index in [1.54, 1.807) is 11.8 Å². The topological polar surface area (TPSA) is 61.4 Å². The van der Waals surface area contributed by atoms with Crippen LogP contribution in [0.25, 0.3) is 0 Å². The van der Waals surface area contributed by atoms with Crippen molar-refractivity contribution in [1.29, 1.82) is 0 Å². The summed E-state index contributed by atoms with van der Waals surface area (Å²) in [6.45, 7) is 6.17. The van der Waals surface area contributed by atoms with Crippen LogP contribution < -0.4 is 10.6 Å². The van der Waals surface area contributed by atoms with Crippen molar-refractivity contribution < 1.29 is 9.90 Å². The zero-order valence-electron chi connectivity index (χ0n) is 13.1. The number of rotatable bonds is 6. The van der Waals surface area contributed by atoms with Gasteiger partial charge in [-0.1, -0.05) is 6.07 Å². The number of thioether (sulfide) groups is 1. The minimum atomic E-state index is -0.338. The molecule has 6 heteroatoms. The Bertz CT molecular complexity index is 499. The van der Waals surface area contributed by atoms with Crippen molar-refractivity contribution in [3.8, 4) is 0 Å². The van der Waals surface area contributed by atoms with E-state index in [0.717, 1.165) is 12.3 Å². The molecule has 22 heavy (non-hydrogen) atoms. The van der Waals surface area contributed by atoms with Crippen molar-refractivity contribution in [2.45, 2.75) is 31.3 Å². The fourth-order valence-corrected chi connectivity index (χ4v) is 3.27. The van der Waals surface area contributed by atoms with Gasteiger partial charge in [0.1, 0.15) is 0 Å². The number of amides is 1. The van der Waals surface area contributed by atoms with E-state index in [9.17, 15) is 9.90 Å². The Morgan fingerprint density at radius 1 is 1.36 bits per heavy atom. The number of nitrogens with one attached hydrogen (secondary N) is 2. The van der Waals surface area contributed by atoms with E-state index in [1.165, 1.54) is 16.0 Å². The lowest BCUT2D eigenvalue weighted by atomic mass is 10.1. The van der Waals surface area contributed by atoms with Crippen molar-refractivity contribution in [2.24, 2.45) is 5.92 Å². The summed E-state index contributed by atoms with van der Waals surface area (Å²) in [6.07, 6.45) is 0.170. The molecule has 4 nitrogen and oxygen atoms in total. The zero-order chi connectivity index (χ0) is 15.2. The largest absolute Gasteiger partial charge is 0.391 e. The molecule has 2 atom stereocenters. The van der Waals surface area contributed by atoms with Gasteiger partial charge in [-0.05, 0) is 37.1 Å². The minimum Gasteiger partial charge on any atom is -0.391 e. The summed E-state index contributed by atoms with van der Waals surface area (Å²) in [5.74, 6) is 0.978. The second-order valence-corrected chi connectivity index (χ2v) is 6.80. The van der Waals surface area contributed by atoms with Crippen molar-refractivity contribution in [3.63, 3.8) is 0 Å². The number of hydrogen-bond acceptors (Lipinski definition) is 4. The molecule has 1 heterocycles. The van der Waals surface area contributed by atoms with Gasteiger partial charge >= 0.3 is 0 Å². The predicted molar refractivity (Wildman–Crippen MR) is 93.9 cm³/mol. The highest BCUT2D eigenvalue weighted by Gasteiger charge is 2.24. The minimum absolute atomic E-state index is 0. The molecule has 0 radical (unpaired) electrons. The van der Waals surface area contributed by atoms with E-state index in [0.29, 0.717) is 19.5 Å². The molecule has 0 saturated carbocycles. The van der Waals surface area contributed by atoms with Gasteiger partial charge in [-0.25, -0.2) is 0 Å². The Kier molecular flexibility index (Phi) is 8.25. The van der Waals surface area contributed by atoms with Gasteiger partial charge in [0.2, 0.25) is 5.91 Å². The molecule has 1 aromatic carbocycles. The summed E-state index contributed by atoms with van der Waals surface area (Å²) < 4.78 is 0. The molecule has 1 aliphatic rings. The SMILES string of the molecule is Cc1ccc(SCCC(=O)NCC2CNCC2O)cc1C.Cl. The molecular weight excluding hydrogens is 320 g/mol. The van der Waals surface area contributed by atoms with Crippen molar-refractivity contribution in [3.05, 3.63) is 29.3 Å². The normalized spacial score (nSPS) is 20.5. The van der Waals surface area contributed by atoms with E-state index < -0.39 is 0 Å². The van der Waals surface area contributed by atoms with Crippen LogP contribution in [0, 0.1) is 19.8 Å². The Morgan fingerprint density at radius 3 is 2.77 bits per heavy atom. The van der Waals surface area contributed by atoms with E-state index in [-0.39, 0.29) is 30.3 Å². The van der Waals surface area contributed by atoms with E-state index in [1.807, 2.05) is 0 Å². The summed E-state index contributed by atoms with van der Waals surface area (Å²) in [5.41, 5.74) is 2.58. The molecule has 1 aliphatic heterocycles. The molecule has 1 saturated heterocycles. The smallest absolute Gasteiger partial charge is 0.220 e. The third kappa shape index (κ3) is 5.80. The zero-order valence-corrected chi connectivity index (χ0v) is 14.7. The molecule has 2 rings (SSSR count). The average molecular weight is 345 g/mol. The van der Waals surface area contributed by atoms with Crippen LogP contribution in [0.2, 0.25) is 0 Å². The van der Waals surface area contributed by atoms with Gasteiger partial charge in [0.25, 0.3) is 0 Å². The molecule has 0 spiro atoms. The van der Waals surface area contributed by atoms with Crippen LogP contribution >= 0.6 is 24.2 Å². The van der Waals surface area contributed by atoms with Crippen LogP contribution in [0.1, 0.15) is 17.5 Å². The number of carbonyl (C=O) groups is 1. The summed E-state index contributed by atoms with van der Waals surface area (Å²) in [5, 5.41) is 15.7. The van der Waals surface area contributed by atoms with Crippen LogP contribution in [0.4, 0.5) is 0 Å². The lowest BCUT2D eigenvalue weighted by Gasteiger charge is -2.14. The Labute approximate surface area is 142 Å². The van der Waals surface area contributed by atoms with Crippen molar-refractivity contribution in [2.75, 3.05) is 25.4 Å². The molecule has 124 valence electrons. The highest BCUT2D eigenvalue weighted by Crippen LogP contribution is 2.21. The Morgan fingerprint density at radius 2 is 2.14 bits per heavy atom. The summed E-state index contributed by atoms with van der Waals surface area (Å²) in [7, 11) is 0. The molecule has 1 fully saturated rings. The van der Waals surface area contributed by atoms with Gasteiger partial charge in [-0.2, -0.15) is 0 Å². The highest BCUT2D eigenvalue weighted by molar-refractivity contribution is 7.99. The summed E-state index contributed by atoms with van der Waals surface area (Å²) in [4.78, 5) is 13.0. The fraction of sp³-hybridized carbons (Fsp3) is 0.562. The van der Waals surface area contributed by atoms with Crippen LogP contribution in [0.5, 0.6) is 0 Å². The molecule has 0 aromatic heterocycles. The first kappa shape index (κ1) is 19.3. The molecule has 2 unspecified atom stereocenters. The molecule has 0 aliphatic carbocycles. The van der Waals surface area contributed by atoms with Gasteiger partial charge in [0.15, 0.2) is 0 Å². The number of carbonyl (C=O) groups excluding carboxylic acids is 1. The number of hydrogen-bond donors (Lipinski definition) is 3. The third-order valence-corrected chi connectivity index (χ3v) is 4.94. The summed E-state index contributed by atoms with van der Waals surface area (Å²) >= 11 is 1.71. The van der Waals surface area contributed by atoms with Gasteiger partial charge < -0.3 is 15.7 Å². The maximum absolute atomic E-state index is 11.8. The maximum atomic E-state index is 11.8. The van der Waals surface area contributed by atoms with Crippen LogP contribution in [0.3, 0.4) is 0 Å². The molecule has 0 bridgehead atoms. The quantitative estimate of drug-likeness (QED) is 0.690. The van der Waals surface area contributed by atoms with Crippen molar-refractivity contribution >= 4 is 30.1 Å². The average Bonchev–Trinajstić information content (AvgIpc) is 2.86. The molecular formula is C16H25ClN2O2S. The first-order valence-corrected chi connectivity index (χ1v) is 8.40. The van der Waals surface area contributed by atoms with Gasteiger partial charge in [-0.3, -0.25) is 4.79 Å². The number of β-amino-alcohol motifs (C(OH)–C–C–N with tert-alkyl or cyclic N) is 1. The van der Waals surface area contributed by atoms with Gasteiger partial charge in [0, 0.05) is 42.6 Å². The van der Waals surface area contributed by atoms with E-state index in [2.05, 4.69) is 42.7 Å². The second kappa shape index (κ2) is 9.40. The standard InChI is InChI=1S/C16H24N2O2S.ClH/c1-11-3-4-14(7-12(11)2)21-6-5-16(20)18-9-13-8-17-10-15(13)19;/h3-4,7,13,15,17,19H,5-6,8-10H2,1-2H3,(H,18,20);1H. The van der Waals surface area contributed by atoms with Crippen LogP contribution in [-0.4, -0.2) is 42.5 Å². The van der Waals surface area contributed by atoms with E-state index in [4.69, 9.17) is 0 Å². The van der Waals surface area contributed by atoms with Gasteiger partial charge in [0.05, 0.1) is 6.10 Å². The fourth-order valence-electron chi connectivity index (χ4n) is 2.33. The third-order valence-electron chi connectivity index (χ3n) is 3.94. The van der Waals surface area contributed by atoms with Crippen LogP contribution in [0.15, 0.2) is 23.1 Å². The van der Waals surface area contributed by atoms with Gasteiger partial charge in [-0.15, -0.1) is 24.2 Å². The molecule has 1 aromatic rings. The number of benzene rings is 1.